The van der Waals surface area contributed by atoms with Crippen LogP contribution in [0.15, 0.2) is 30.5 Å². The molecule has 0 bridgehead atoms. The molecule has 1 aliphatic heterocycles. The minimum Gasteiger partial charge on any atom is -0.464 e. The number of carbonyl (C=O) groups is 1. The fourth-order valence-electron chi connectivity index (χ4n) is 3.12. The van der Waals surface area contributed by atoms with Crippen LogP contribution in [0.1, 0.15) is 12.8 Å². The Morgan fingerprint density at radius 3 is 2.92 bits per heavy atom. The molecule has 1 amide bonds. The zero-order valence-electron chi connectivity index (χ0n) is 12.8. The van der Waals surface area contributed by atoms with Crippen molar-refractivity contribution in [2.45, 2.75) is 18.9 Å². The second-order valence-corrected chi connectivity index (χ2v) is 5.70. The van der Waals surface area contributed by atoms with Gasteiger partial charge in [0.15, 0.2) is 0 Å². The van der Waals surface area contributed by atoms with Crippen LogP contribution < -0.4 is 10.7 Å². The molecule has 3 N–H and O–H groups in total. The van der Waals surface area contributed by atoms with Crippen molar-refractivity contribution in [3.05, 3.63) is 40.6 Å². The summed E-state index contributed by atoms with van der Waals surface area (Å²) in [7, 11) is 0. The summed E-state index contributed by atoms with van der Waals surface area (Å²) in [6, 6.07) is 6.77. The largest absolute Gasteiger partial charge is 0.464 e. The molecule has 3 rings (SSSR count). The molecular formula is C15H17N5O4. The smallest absolute Gasteiger partial charge is 0.421 e. The van der Waals surface area contributed by atoms with E-state index in [9.17, 15) is 14.9 Å². The number of benzene rings is 1. The van der Waals surface area contributed by atoms with E-state index in [2.05, 4.69) is 4.98 Å². The lowest BCUT2D eigenvalue weighted by Crippen LogP contribution is -2.53. The summed E-state index contributed by atoms with van der Waals surface area (Å²) >= 11 is 0. The highest BCUT2D eigenvalue weighted by Crippen LogP contribution is 2.36. The maximum absolute atomic E-state index is 11.4. The van der Waals surface area contributed by atoms with Crippen LogP contribution in [-0.4, -0.2) is 45.2 Å². The molecule has 2 heterocycles. The van der Waals surface area contributed by atoms with E-state index in [1.807, 2.05) is 11.0 Å². The van der Waals surface area contributed by atoms with E-state index < -0.39 is 17.1 Å². The molecule has 2 aromatic rings. The van der Waals surface area contributed by atoms with Crippen molar-refractivity contribution in [3.63, 3.8) is 0 Å². The van der Waals surface area contributed by atoms with Gasteiger partial charge >= 0.3 is 11.8 Å². The third kappa shape index (κ3) is 2.81. The number of nitro groups is 1. The minimum absolute atomic E-state index is 0.0896. The quantitative estimate of drug-likeness (QED) is 0.381. The van der Waals surface area contributed by atoms with Crippen LogP contribution in [0.4, 0.5) is 16.2 Å². The van der Waals surface area contributed by atoms with Gasteiger partial charge in [-0.05, 0) is 18.9 Å². The van der Waals surface area contributed by atoms with Crippen molar-refractivity contribution in [1.29, 1.82) is 0 Å². The number of hydrazine groups is 1. The van der Waals surface area contributed by atoms with Gasteiger partial charge in [-0.15, -0.1) is 0 Å². The number of rotatable bonds is 3. The van der Waals surface area contributed by atoms with Crippen molar-refractivity contribution in [2.24, 2.45) is 5.84 Å². The molecule has 1 aliphatic rings. The SMILES string of the molecule is NN(C(=O)O)[C@H]1CCCN(c2c([N+](=O)[O-])cnc3ccccc23)C1. The molecule has 0 spiro atoms. The Kier molecular flexibility index (Phi) is 4.17. The number of anilines is 1. The Hall–Kier alpha value is -2.94. The molecule has 1 aromatic heterocycles. The van der Waals surface area contributed by atoms with Gasteiger partial charge in [0.05, 0.1) is 16.5 Å². The van der Waals surface area contributed by atoms with Gasteiger partial charge < -0.3 is 10.0 Å². The van der Waals surface area contributed by atoms with E-state index in [1.165, 1.54) is 6.20 Å². The predicted molar refractivity (Wildman–Crippen MR) is 87.7 cm³/mol. The predicted octanol–water partition coefficient (Wildman–Crippen LogP) is 1.97. The number of aromatic nitrogens is 1. The van der Waals surface area contributed by atoms with Crippen LogP contribution in [0, 0.1) is 10.1 Å². The molecule has 1 saturated heterocycles. The van der Waals surface area contributed by atoms with Gasteiger partial charge in [0.2, 0.25) is 0 Å². The molecule has 126 valence electrons. The Morgan fingerprint density at radius 1 is 1.46 bits per heavy atom. The molecule has 24 heavy (non-hydrogen) atoms. The van der Waals surface area contributed by atoms with Gasteiger partial charge in [0.1, 0.15) is 11.9 Å². The number of fused-ring (bicyclic) bond motifs is 1. The first-order valence-corrected chi connectivity index (χ1v) is 7.53. The molecule has 1 atom stereocenters. The normalized spacial score (nSPS) is 17.7. The van der Waals surface area contributed by atoms with Crippen molar-refractivity contribution >= 4 is 28.4 Å². The summed E-state index contributed by atoms with van der Waals surface area (Å²) in [5, 5.41) is 22.0. The standard InChI is InChI=1S/C15H17N5O4/c16-19(15(21)22)10-4-3-7-18(9-10)14-11-5-1-2-6-12(11)17-8-13(14)20(23)24/h1-2,5-6,8,10H,3-4,7,9,16H2,(H,21,22)/t10-/m0/s1. The lowest BCUT2D eigenvalue weighted by molar-refractivity contribution is -0.384. The number of nitrogens with two attached hydrogens (primary N) is 1. The Morgan fingerprint density at radius 2 is 2.21 bits per heavy atom. The number of pyridine rings is 1. The summed E-state index contributed by atoms with van der Waals surface area (Å²) in [6.45, 7) is 0.899. The highest BCUT2D eigenvalue weighted by molar-refractivity contribution is 5.96. The second kappa shape index (κ2) is 6.28. The Labute approximate surface area is 137 Å². The second-order valence-electron chi connectivity index (χ2n) is 5.70. The fourth-order valence-corrected chi connectivity index (χ4v) is 3.12. The summed E-state index contributed by atoms with van der Waals surface area (Å²) in [5.74, 6) is 5.60. The Bertz CT molecular complexity index is 797. The molecule has 1 aromatic carbocycles. The Balaban J connectivity index is 2.05. The van der Waals surface area contributed by atoms with Crippen LogP contribution in [0.5, 0.6) is 0 Å². The lowest BCUT2D eigenvalue weighted by atomic mass is 10.0. The van der Waals surface area contributed by atoms with Crippen LogP contribution in [0.3, 0.4) is 0 Å². The van der Waals surface area contributed by atoms with Crippen LogP contribution in [-0.2, 0) is 0 Å². The number of hydrogen-bond donors (Lipinski definition) is 2. The molecular weight excluding hydrogens is 314 g/mol. The van der Waals surface area contributed by atoms with Gasteiger partial charge in [-0.3, -0.25) is 10.1 Å². The summed E-state index contributed by atoms with van der Waals surface area (Å²) < 4.78 is 0. The lowest BCUT2D eigenvalue weighted by Gasteiger charge is -2.37. The van der Waals surface area contributed by atoms with Gasteiger partial charge in [-0.25, -0.2) is 20.6 Å². The molecule has 1 fully saturated rings. The van der Waals surface area contributed by atoms with E-state index in [0.29, 0.717) is 42.5 Å². The van der Waals surface area contributed by atoms with Crippen molar-refractivity contribution in [3.8, 4) is 0 Å². The molecule has 0 radical (unpaired) electrons. The van der Waals surface area contributed by atoms with E-state index in [-0.39, 0.29) is 5.69 Å². The van der Waals surface area contributed by atoms with E-state index >= 15 is 0 Å². The molecule has 9 heteroatoms. The maximum atomic E-state index is 11.4. The first kappa shape index (κ1) is 15.9. The molecule has 0 saturated carbocycles. The van der Waals surface area contributed by atoms with Crippen molar-refractivity contribution < 1.29 is 14.8 Å². The zero-order chi connectivity index (χ0) is 17.3. The molecule has 0 unspecified atom stereocenters. The van der Waals surface area contributed by atoms with Crippen molar-refractivity contribution in [2.75, 3.05) is 18.0 Å². The number of para-hydroxylation sites is 1. The number of hydrogen-bond acceptors (Lipinski definition) is 6. The number of piperidine rings is 1. The van der Waals surface area contributed by atoms with Gasteiger partial charge in [-0.1, -0.05) is 18.2 Å². The number of carboxylic acid groups (broad SMARTS) is 1. The molecule has 0 aliphatic carbocycles. The van der Waals surface area contributed by atoms with Gasteiger partial charge in [0, 0.05) is 18.5 Å². The van der Waals surface area contributed by atoms with Gasteiger partial charge in [-0.2, -0.15) is 0 Å². The first-order valence-electron chi connectivity index (χ1n) is 7.53. The van der Waals surface area contributed by atoms with Gasteiger partial charge in [0.25, 0.3) is 0 Å². The average Bonchev–Trinajstić information content (AvgIpc) is 2.59. The van der Waals surface area contributed by atoms with Crippen LogP contribution in [0.25, 0.3) is 10.9 Å². The van der Waals surface area contributed by atoms with E-state index in [1.54, 1.807) is 18.2 Å². The van der Waals surface area contributed by atoms with E-state index in [0.717, 1.165) is 5.01 Å². The number of nitrogens with zero attached hydrogens (tertiary/aromatic N) is 4. The highest BCUT2D eigenvalue weighted by Gasteiger charge is 2.31. The highest BCUT2D eigenvalue weighted by atomic mass is 16.6. The third-order valence-electron chi connectivity index (χ3n) is 4.25. The number of amides is 1. The van der Waals surface area contributed by atoms with E-state index in [4.69, 9.17) is 10.9 Å². The third-order valence-corrected chi connectivity index (χ3v) is 4.25. The summed E-state index contributed by atoms with van der Waals surface area (Å²) in [4.78, 5) is 28.0. The van der Waals surface area contributed by atoms with Crippen molar-refractivity contribution in [1.82, 2.24) is 9.99 Å². The maximum Gasteiger partial charge on any atom is 0.421 e. The monoisotopic (exact) mass is 331 g/mol. The minimum atomic E-state index is -1.21. The summed E-state index contributed by atoms with van der Waals surface area (Å²) in [5.41, 5.74) is 1.03. The zero-order valence-corrected chi connectivity index (χ0v) is 12.8. The van der Waals surface area contributed by atoms with Crippen LogP contribution >= 0.6 is 0 Å². The van der Waals surface area contributed by atoms with Crippen LogP contribution in [0.2, 0.25) is 0 Å². The fraction of sp³-hybridized carbons (Fsp3) is 0.333. The molecule has 9 nitrogen and oxygen atoms in total. The first-order chi connectivity index (χ1) is 11.5. The summed E-state index contributed by atoms with van der Waals surface area (Å²) in [6.07, 6.45) is 1.35. The average molecular weight is 331 g/mol. The topological polar surface area (TPSA) is 126 Å².